The minimum Gasteiger partial charge on any atom is -0.395 e. The molecule has 1 heterocycles. The fourth-order valence-corrected chi connectivity index (χ4v) is 4.18. The zero-order chi connectivity index (χ0) is 12.5. The summed E-state index contributed by atoms with van der Waals surface area (Å²) in [6.07, 6.45) is 3.75. The third kappa shape index (κ3) is 2.99. The number of piperidine rings is 1. The first-order chi connectivity index (χ1) is 8.05. The van der Waals surface area contributed by atoms with Gasteiger partial charge in [0, 0.05) is 25.7 Å². The summed E-state index contributed by atoms with van der Waals surface area (Å²) >= 11 is 0. The lowest BCUT2D eigenvalue weighted by atomic mass is 10.0. The molecule has 2 rings (SSSR count). The highest BCUT2D eigenvalue weighted by Crippen LogP contribution is 2.31. The molecular weight excluding hydrogens is 240 g/mol. The molecule has 0 radical (unpaired) electrons. The van der Waals surface area contributed by atoms with Gasteiger partial charge >= 0.3 is 0 Å². The molecule has 0 amide bonds. The molecule has 1 N–H and O–H groups in total. The van der Waals surface area contributed by atoms with Gasteiger partial charge in [0.05, 0.1) is 6.61 Å². The van der Waals surface area contributed by atoms with E-state index in [4.69, 9.17) is 5.11 Å². The van der Waals surface area contributed by atoms with E-state index in [0.29, 0.717) is 19.0 Å². The van der Waals surface area contributed by atoms with E-state index in [1.54, 1.807) is 4.31 Å². The quantitative estimate of drug-likeness (QED) is 0.781. The first-order valence-electron chi connectivity index (χ1n) is 6.43. The fraction of sp³-hybridized carbons (Fsp3) is 1.00. The van der Waals surface area contributed by atoms with E-state index in [-0.39, 0.29) is 19.2 Å². The monoisotopic (exact) mass is 262 g/mol. The van der Waals surface area contributed by atoms with E-state index < -0.39 is 10.2 Å². The predicted molar refractivity (Wildman–Crippen MR) is 65.7 cm³/mol. The molecule has 0 aromatic carbocycles. The molecule has 0 aromatic heterocycles. The number of aliphatic hydroxyl groups is 1. The van der Waals surface area contributed by atoms with Crippen molar-refractivity contribution in [2.24, 2.45) is 5.92 Å². The Balaban J connectivity index is 2.05. The molecule has 0 unspecified atom stereocenters. The standard InChI is InChI=1S/C11H22N2O3S/c1-10-4-6-12(7-5-10)17(15,16)13(8-9-14)11-2-3-11/h10-11,14H,2-9H2,1H3. The fourth-order valence-electron chi connectivity index (χ4n) is 2.31. The van der Waals surface area contributed by atoms with Gasteiger partial charge in [0.1, 0.15) is 0 Å². The maximum absolute atomic E-state index is 12.4. The SMILES string of the molecule is CC1CCN(S(=O)(=O)N(CCO)C2CC2)CC1. The minimum atomic E-state index is -3.34. The van der Waals surface area contributed by atoms with Crippen LogP contribution in [0.1, 0.15) is 32.6 Å². The molecule has 0 bridgehead atoms. The van der Waals surface area contributed by atoms with Gasteiger partial charge in [-0.05, 0) is 31.6 Å². The lowest BCUT2D eigenvalue weighted by Gasteiger charge is -2.33. The van der Waals surface area contributed by atoms with Gasteiger partial charge in [-0.15, -0.1) is 0 Å². The highest BCUT2D eigenvalue weighted by atomic mass is 32.2. The molecule has 1 aliphatic heterocycles. The van der Waals surface area contributed by atoms with Gasteiger partial charge in [0.15, 0.2) is 0 Å². The Kier molecular flexibility index (Phi) is 4.07. The van der Waals surface area contributed by atoms with Crippen molar-refractivity contribution < 1.29 is 13.5 Å². The minimum absolute atomic E-state index is 0.0972. The summed E-state index contributed by atoms with van der Waals surface area (Å²) in [7, 11) is -3.34. The third-order valence-electron chi connectivity index (χ3n) is 3.64. The Bertz CT molecular complexity index is 346. The molecule has 17 heavy (non-hydrogen) atoms. The largest absolute Gasteiger partial charge is 0.395 e. The summed E-state index contributed by atoms with van der Waals surface area (Å²) in [5, 5.41) is 8.99. The average Bonchev–Trinajstić information content (AvgIpc) is 3.10. The third-order valence-corrected chi connectivity index (χ3v) is 5.73. The van der Waals surface area contributed by atoms with E-state index in [9.17, 15) is 8.42 Å². The van der Waals surface area contributed by atoms with Gasteiger partial charge in [0.25, 0.3) is 10.2 Å². The van der Waals surface area contributed by atoms with Crippen LogP contribution < -0.4 is 0 Å². The molecule has 1 saturated carbocycles. The number of hydrogen-bond acceptors (Lipinski definition) is 3. The van der Waals surface area contributed by atoms with Crippen molar-refractivity contribution in [3.8, 4) is 0 Å². The lowest BCUT2D eigenvalue weighted by Crippen LogP contribution is -2.48. The van der Waals surface area contributed by atoms with Crippen LogP contribution in [0.15, 0.2) is 0 Å². The first kappa shape index (κ1) is 13.3. The van der Waals surface area contributed by atoms with Gasteiger partial charge in [-0.3, -0.25) is 0 Å². The molecule has 0 atom stereocenters. The molecule has 5 nitrogen and oxygen atoms in total. The number of aliphatic hydroxyl groups excluding tert-OH is 1. The Labute approximate surface area is 104 Å². The van der Waals surface area contributed by atoms with Crippen LogP contribution in [0.3, 0.4) is 0 Å². The molecule has 100 valence electrons. The van der Waals surface area contributed by atoms with E-state index in [1.807, 2.05) is 0 Å². The van der Waals surface area contributed by atoms with E-state index >= 15 is 0 Å². The van der Waals surface area contributed by atoms with Crippen molar-refractivity contribution >= 4 is 10.2 Å². The highest BCUT2D eigenvalue weighted by Gasteiger charge is 2.40. The van der Waals surface area contributed by atoms with Crippen molar-refractivity contribution in [2.45, 2.75) is 38.6 Å². The Morgan fingerprint density at radius 3 is 2.29 bits per heavy atom. The van der Waals surface area contributed by atoms with Crippen LogP contribution in [0.4, 0.5) is 0 Å². The molecule has 2 fully saturated rings. The van der Waals surface area contributed by atoms with E-state index in [2.05, 4.69) is 6.92 Å². The number of hydrogen-bond donors (Lipinski definition) is 1. The van der Waals surface area contributed by atoms with Crippen molar-refractivity contribution in [3.63, 3.8) is 0 Å². The highest BCUT2D eigenvalue weighted by molar-refractivity contribution is 7.86. The second-order valence-electron chi connectivity index (χ2n) is 5.15. The summed E-state index contributed by atoms with van der Waals surface area (Å²) < 4.78 is 27.9. The van der Waals surface area contributed by atoms with Gasteiger partial charge in [0.2, 0.25) is 0 Å². The van der Waals surface area contributed by atoms with Crippen LogP contribution in [0.25, 0.3) is 0 Å². The molecule has 2 aliphatic rings. The van der Waals surface area contributed by atoms with Crippen LogP contribution in [0.5, 0.6) is 0 Å². The van der Waals surface area contributed by atoms with Crippen molar-refractivity contribution in [1.82, 2.24) is 8.61 Å². The zero-order valence-corrected chi connectivity index (χ0v) is 11.2. The van der Waals surface area contributed by atoms with Crippen molar-refractivity contribution in [1.29, 1.82) is 0 Å². The second-order valence-corrected chi connectivity index (χ2v) is 7.04. The molecule has 1 saturated heterocycles. The molecule has 1 aliphatic carbocycles. The van der Waals surface area contributed by atoms with Crippen LogP contribution in [0, 0.1) is 5.92 Å². The number of nitrogens with zero attached hydrogens (tertiary/aromatic N) is 2. The smallest absolute Gasteiger partial charge is 0.282 e. The Morgan fingerprint density at radius 2 is 1.82 bits per heavy atom. The molecule has 0 spiro atoms. The topological polar surface area (TPSA) is 60.9 Å². The average molecular weight is 262 g/mol. The number of rotatable bonds is 5. The van der Waals surface area contributed by atoms with E-state index in [0.717, 1.165) is 25.7 Å². The lowest BCUT2D eigenvalue weighted by molar-refractivity contribution is 0.226. The molecular formula is C11H22N2O3S. The summed E-state index contributed by atoms with van der Waals surface area (Å²) in [5.41, 5.74) is 0. The Hall–Kier alpha value is -0.170. The molecule has 0 aromatic rings. The summed E-state index contributed by atoms with van der Waals surface area (Å²) in [6, 6.07) is 0.131. The van der Waals surface area contributed by atoms with Crippen LogP contribution >= 0.6 is 0 Å². The summed E-state index contributed by atoms with van der Waals surface area (Å²) in [5.74, 6) is 0.619. The Morgan fingerprint density at radius 1 is 1.24 bits per heavy atom. The van der Waals surface area contributed by atoms with Gasteiger partial charge in [-0.1, -0.05) is 6.92 Å². The second kappa shape index (κ2) is 5.22. The normalized spacial score (nSPS) is 24.4. The zero-order valence-electron chi connectivity index (χ0n) is 10.4. The maximum Gasteiger partial charge on any atom is 0.282 e. The molecule has 6 heteroatoms. The van der Waals surface area contributed by atoms with Crippen molar-refractivity contribution in [2.75, 3.05) is 26.2 Å². The summed E-state index contributed by atoms with van der Waals surface area (Å²) in [6.45, 7) is 3.55. The summed E-state index contributed by atoms with van der Waals surface area (Å²) in [4.78, 5) is 0. The van der Waals surface area contributed by atoms with Crippen LogP contribution in [-0.4, -0.2) is 54.4 Å². The van der Waals surface area contributed by atoms with Gasteiger partial charge < -0.3 is 5.11 Å². The first-order valence-corrected chi connectivity index (χ1v) is 7.83. The van der Waals surface area contributed by atoms with Gasteiger partial charge in [-0.25, -0.2) is 0 Å². The maximum atomic E-state index is 12.4. The van der Waals surface area contributed by atoms with Crippen molar-refractivity contribution in [3.05, 3.63) is 0 Å². The van der Waals surface area contributed by atoms with Gasteiger partial charge in [-0.2, -0.15) is 17.0 Å². The predicted octanol–water partition coefficient (Wildman–Crippen LogP) is 0.420. The van der Waals surface area contributed by atoms with Crippen LogP contribution in [0.2, 0.25) is 0 Å². The van der Waals surface area contributed by atoms with Crippen LogP contribution in [-0.2, 0) is 10.2 Å². The van der Waals surface area contributed by atoms with E-state index in [1.165, 1.54) is 4.31 Å².